The monoisotopic (exact) mass is 1320 g/mol. The molecule has 0 saturated carbocycles. The van der Waals surface area contributed by atoms with Crippen molar-refractivity contribution < 1.29 is 81.8 Å². The highest BCUT2D eigenvalue weighted by atomic mass is 32.2. The average Bonchev–Trinajstić information content (AvgIpc) is 2.42. The number of carbonyl (C=O) groups is 4. The molecule has 83 heavy (non-hydrogen) atoms. The largest absolute Gasteiger partial charge is 0.411 e. The van der Waals surface area contributed by atoms with Crippen LogP contribution in [-0.2, 0) is 84.4 Å². The molecule has 2 aromatic carbocycles. The van der Waals surface area contributed by atoms with Gasteiger partial charge in [0.1, 0.15) is 0 Å². The van der Waals surface area contributed by atoms with Crippen LogP contribution in [0.3, 0.4) is 0 Å². The second-order valence-electron chi connectivity index (χ2n) is 17.3. The van der Waals surface area contributed by atoms with E-state index in [0.29, 0.717) is 99.7 Å². The Hall–Kier alpha value is -3.01. The number of hydrogen-bond acceptors (Lipinski definition) is 27. The number of ether oxygens (including phenoxy) is 4. The van der Waals surface area contributed by atoms with E-state index in [4.69, 9.17) is 52.4 Å². The third kappa shape index (κ3) is 16.4. The van der Waals surface area contributed by atoms with Gasteiger partial charge in [-0.25, -0.2) is 19.2 Å². The zero-order chi connectivity index (χ0) is 62.0. The molecule has 0 spiro atoms. The molecular weight excluding hydrogens is 1250 g/mol. The van der Waals surface area contributed by atoms with E-state index >= 15 is 0 Å². The van der Waals surface area contributed by atoms with E-state index in [1.807, 2.05) is 26.0 Å². The van der Waals surface area contributed by atoms with Crippen LogP contribution < -0.4 is 0 Å². The first-order valence-electron chi connectivity index (χ1n) is 25.4. The van der Waals surface area contributed by atoms with Crippen LogP contribution in [0.4, 0.5) is 0 Å². The van der Waals surface area contributed by atoms with Crippen LogP contribution in [0.5, 0.6) is 0 Å². The highest BCUT2D eigenvalue weighted by Gasteiger charge is 2.65. The normalized spacial score (nSPS) is 18.0. The maximum atomic E-state index is 13.8. The zero-order valence-electron chi connectivity index (χ0n) is 48.6. The SMILES string of the molecule is C=C(C)C(=O)OC1(OC(=O)C(=C)C)C=CC(c2c(Sc3cc(SOC)c(SOC)c(CC)c3C3=C(SOCC)C(O)(SOCC)C(OC(=O)C(=C)C)(OC(=O)C(=C)C)C=C3)cc(SOC)c(SOC)c2CC)=C(SOCC)C1(O)SOCC. The summed E-state index contributed by atoms with van der Waals surface area (Å²) in [5.41, 5.74) is 2.67. The second kappa shape index (κ2) is 33.4. The Morgan fingerprint density at radius 3 is 1.01 bits per heavy atom. The lowest BCUT2D eigenvalue weighted by atomic mass is 9.89. The predicted octanol–water partition coefficient (Wildman–Crippen LogP) is 14.1. The first kappa shape index (κ1) is 72.5. The summed E-state index contributed by atoms with van der Waals surface area (Å²) in [6, 6.07) is 3.77. The highest BCUT2D eigenvalue weighted by molar-refractivity contribution is 8.03. The topological polar surface area (TPSA) is 219 Å². The maximum absolute atomic E-state index is 13.8. The summed E-state index contributed by atoms with van der Waals surface area (Å²) in [7, 11) is 6.10. The molecule has 2 aromatic rings. The van der Waals surface area contributed by atoms with Crippen molar-refractivity contribution >= 4 is 143 Å². The van der Waals surface area contributed by atoms with Gasteiger partial charge in [0, 0.05) is 152 Å². The Labute approximate surface area is 525 Å². The van der Waals surface area contributed by atoms with Crippen LogP contribution in [0, 0.1) is 0 Å². The Morgan fingerprint density at radius 1 is 0.458 bits per heavy atom. The van der Waals surface area contributed by atoms with E-state index in [-0.39, 0.29) is 58.5 Å². The third-order valence-electron chi connectivity index (χ3n) is 11.2. The summed E-state index contributed by atoms with van der Waals surface area (Å²) < 4.78 is 71.5. The minimum Gasteiger partial charge on any atom is -0.411 e. The van der Waals surface area contributed by atoms with Gasteiger partial charge in [-0.2, -0.15) is 0 Å². The van der Waals surface area contributed by atoms with E-state index in [2.05, 4.69) is 26.3 Å². The van der Waals surface area contributed by atoms with Crippen molar-refractivity contribution in [2.24, 2.45) is 0 Å². The number of carbonyl (C=O) groups excluding carboxylic acids is 4. The quantitative estimate of drug-likeness (QED) is 0.0288. The van der Waals surface area contributed by atoms with Crippen molar-refractivity contribution in [2.75, 3.05) is 54.9 Å². The van der Waals surface area contributed by atoms with Crippen LogP contribution in [-0.4, -0.2) is 110 Å². The summed E-state index contributed by atoms with van der Waals surface area (Å²) in [6.45, 7) is 31.6. The van der Waals surface area contributed by atoms with Crippen molar-refractivity contribution in [3.63, 3.8) is 0 Å². The second-order valence-corrected chi connectivity index (χ2v) is 25.7. The Balaban J connectivity index is 2.45. The molecule has 27 heteroatoms. The van der Waals surface area contributed by atoms with Crippen molar-refractivity contribution in [1.82, 2.24) is 0 Å². The summed E-state index contributed by atoms with van der Waals surface area (Å²) >= 11 is 8.04. The van der Waals surface area contributed by atoms with Gasteiger partial charge in [0.2, 0.25) is 0 Å². The molecule has 0 bridgehead atoms. The highest BCUT2D eigenvalue weighted by Crippen LogP contribution is 2.60. The Morgan fingerprint density at radius 2 is 0.759 bits per heavy atom. The number of benzene rings is 2. The number of rotatable bonds is 34. The summed E-state index contributed by atoms with van der Waals surface area (Å²) in [4.78, 5) is 53.3. The lowest BCUT2D eigenvalue weighted by Crippen LogP contribution is -2.58. The molecule has 0 saturated heterocycles. The first-order valence-corrected chi connectivity index (χ1v) is 32.1. The minimum absolute atomic E-state index is 0.0189. The molecule has 0 aromatic heterocycles. The van der Waals surface area contributed by atoms with Gasteiger partial charge in [-0.15, -0.1) is 0 Å². The van der Waals surface area contributed by atoms with E-state index in [1.165, 1.54) is 80.0 Å². The van der Waals surface area contributed by atoms with Crippen molar-refractivity contribution in [2.45, 2.75) is 133 Å². The first-order chi connectivity index (χ1) is 39.4. The summed E-state index contributed by atoms with van der Waals surface area (Å²) in [5, 5.41) is 27.2. The fourth-order valence-corrected chi connectivity index (χ4v) is 15.3. The van der Waals surface area contributed by atoms with Crippen molar-refractivity contribution in [1.29, 1.82) is 0 Å². The fraction of sp³-hybridized carbons (Fsp3) is 0.429. The molecule has 0 amide bonds. The number of hydrogen-bond donors (Lipinski definition) is 2. The zero-order valence-corrected chi connectivity index (χ0v) is 56.0. The van der Waals surface area contributed by atoms with E-state index < -0.39 is 45.3 Å². The van der Waals surface area contributed by atoms with Gasteiger partial charge < -0.3 is 62.6 Å². The maximum Gasteiger partial charge on any atom is 0.336 e. The molecule has 2 aliphatic rings. The Bertz CT molecular complexity index is 2670. The van der Waals surface area contributed by atoms with Crippen LogP contribution in [0.1, 0.15) is 91.5 Å². The lowest BCUT2D eigenvalue weighted by molar-refractivity contribution is -0.238. The van der Waals surface area contributed by atoms with Gasteiger partial charge in [0.15, 0.2) is 0 Å². The van der Waals surface area contributed by atoms with Gasteiger partial charge in [0.25, 0.3) is 9.87 Å². The van der Waals surface area contributed by atoms with Gasteiger partial charge in [-0.3, -0.25) is 0 Å². The standard InChI is InChI=1S/C56H70O18S9/c1-19-35-43(37-25-27-53(71-49(57)31(7)8,72-50(58)32(9)10)55(61,82-69-23-5)47(37)80-67-21-3)39(29-41(76-63-15)45(35)78-65-17)75-40-30-42(77-64-16)46(79-66-18)36(20-2)44(40)38-26-28-54(73-51(59)33(11)12,74-52(60)34(13)14)56(62,83-70-24-6)48(38)81-68-22-4/h25-30,61-62H,7,9,11,13,19-24H2,1-6,8,10,12,14-18H3. The molecule has 18 nitrogen and oxygen atoms in total. The van der Waals surface area contributed by atoms with Crippen LogP contribution in [0.15, 0.2) is 124 Å². The molecule has 0 aliphatic heterocycles. The molecule has 2 atom stereocenters. The molecule has 456 valence electrons. The Kier molecular flexibility index (Phi) is 29.1. The van der Waals surface area contributed by atoms with Gasteiger partial charge in [-0.05, 0) is 115 Å². The summed E-state index contributed by atoms with van der Waals surface area (Å²) in [6.07, 6.45) is 6.33. The average molecular weight is 1320 g/mol. The predicted molar refractivity (Wildman–Crippen MR) is 335 cm³/mol. The molecule has 2 N–H and O–H groups in total. The van der Waals surface area contributed by atoms with Crippen LogP contribution in [0.2, 0.25) is 0 Å². The lowest BCUT2D eigenvalue weighted by Gasteiger charge is -2.45. The van der Waals surface area contributed by atoms with Crippen LogP contribution >= 0.6 is 108 Å². The van der Waals surface area contributed by atoms with Crippen molar-refractivity contribution in [3.05, 3.63) is 117 Å². The number of aliphatic hydroxyl groups is 2. The molecule has 2 unspecified atom stereocenters. The molecule has 0 fully saturated rings. The fourth-order valence-electron chi connectivity index (χ4n) is 7.64. The third-order valence-corrected chi connectivity index (χ3v) is 20.0. The molecule has 4 rings (SSSR count). The molecule has 0 radical (unpaired) electrons. The smallest absolute Gasteiger partial charge is 0.336 e. The molecule has 2 aliphatic carbocycles. The van der Waals surface area contributed by atoms with Gasteiger partial charge in [0.05, 0.1) is 84.3 Å². The number of allylic oxidation sites excluding steroid dienone is 4. The van der Waals surface area contributed by atoms with Crippen molar-refractivity contribution in [3.8, 4) is 0 Å². The minimum atomic E-state index is -2.64. The number of esters is 4. The molecular formula is C56H70O18S9. The molecule has 0 heterocycles. The van der Waals surface area contributed by atoms with Gasteiger partial charge >= 0.3 is 35.5 Å². The van der Waals surface area contributed by atoms with E-state index in [0.717, 1.165) is 72.3 Å². The summed E-state index contributed by atoms with van der Waals surface area (Å²) in [5.74, 6) is -9.31. The van der Waals surface area contributed by atoms with Crippen LogP contribution in [0.25, 0.3) is 11.1 Å². The van der Waals surface area contributed by atoms with E-state index in [9.17, 15) is 29.4 Å². The van der Waals surface area contributed by atoms with E-state index in [1.54, 1.807) is 39.8 Å². The van der Waals surface area contributed by atoms with Gasteiger partial charge in [-0.1, -0.05) is 51.9 Å².